The Morgan fingerprint density at radius 1 is 1.02 bits per heavy atom. The van der Waals surface area contributed by atoms with Gasteiger partial charge in [0.15, 0.2) is 0 Å². The predicted molar refractivity (Wildman–Crippen MR) is 203 cm³/mol. The zero-order chi connectivity index (χ0) is 36.8. The largest absolute Gasteiger partial charge is 0.491 e. The van der Waals surface area contributed by atoms with Crippen LogP contribution in [-0.4, -0.2) is 77.5 Å². The number of sulfonamides is 1. The third kappa shape index (κ3) is 8.75. The maximum atomic E-state index is 14.7. The molecule has 2 heterocycles. The highest BCUT2D eigenvalue weighted by Gasteiger charge is 2.49. The molecule has 2 aromatic carbocycles. The Hall–Kier alpha value is -3.52. The molecule has 3 aromatic rings. The highest BCUT2D eigenvalue weighted by molar-refractivity contribution is 7.93. The van der Waals surface area contributed by atoms with Gasteiger partial charge in [-0.25, -0.2) is 12.7 Å². The summed E-state index contributed by atoms with van der Waals surface area (Å²) in [7, 11) is -4.04. The highest BCUT2D eigenvalue weighted by atomic mass is 32.2. The second-order valence-electron chi connectivity index (χ2n) is 14.8. The summed E-state index contributed by atoms with van der Waals surface area (Å²) in [6.07, 6.45) is 6.34. The smallest absolute Gasteiger partial charge is 0.269 e. The van der Waals surface area contributed by atoms with Crippen molar-refractivity contribution in [1.29, 1.82) is 0 Å². The molecule has 0 saturated heterocycles. The summed E-state index contributed by atoms with van der Waals surface area (Å²) >= 11 is 0. The molecule has 11 nitrogen and oxygen atoms in total. The maximum Gasteiger partial charge on any atom is 0.269 e. The number of amides is 1. The predicted octanol–water partition coefficient (Wildman–Crippen LogP) is 7.73. The van der Waals surface area contributed by atoms with Crippen LogP contribution in [0.25, 0.3) is 11.1 Å². The zero-order valence-corrected chi connectivity index (χ0v) is 33.1. The number of aromatic nitrogens is 1. The third-order valence-electron chi connectivity index (χ3n) is 9.72. The number of benzene rings is 2. The molecule has 51 heavy (non-hydrogen) atoms. The lowest BCUT2D eigenvalue weighted by atomic mass is 9.98. The molecule has 2 aliphatic rings. The molecular weight excluding hydrogens is 685 g/mol. The van der Waals surface area contributed by atoms with Crippen molar-refractivity contribution >= 4 is 35.7 Å². The molecule has 5 rings (SSSR count). The van der Waals surface area contributed by atoms with E-state index in [0.717, 1.165) is 62.4 Å². The number of rotatable bonds is 18. The van der Waals surface area contributed by atoms with E-state index in [1.165, 1.54) is 4.31 Å². The lowest BCUT2D eigenvalue weighted by Gasteiger charge is -2.25. The Morgan fingerprint density at radius 3 is 2.43 bits per heavy atom. The summed E-state index contributed by atoms with van der Waals surface area (Å²) in [5.41, 5.74) is 2.52. The van der Waals surface area contributed by atoms with Crippen molar-refractivity contribution in [3.05, 3.63) is 59.3 Å². The molecular formula is C38H54N4O7SSi. The van der Waals surface area contributed by atoms with Gasteiger partial charge in [0.05, 0.1) is 23.7 Å². The number of carbonyl (C=O) groups is 1. The third-order valence-corrected chi connectivity index (χ3v) is 13.2. The van der Waals surface area contributed by atoms with Gasteiger partial charge in [-0.1, -0.05) is 81.3 Å². The van der Waals surface area contributed by atoms with Crippen molar-refractivity contribution in [1.82, 2.24) is 10.1 Å². The van der Waals surface area contributed by atoms with E-state index in [9.17, 15) is 13.2 Å². The van der Waals surface area contributed by atoms with Crippen molar-refractivity contribution in [2.45, 2.75) is 108 Å². The Kier molecular flexibility index (Phi) is 12.5. The molecule has 1 aromatic heterocycles. The molecule has 278 valence electrons. The second-order valence-corrected chi connectivity index (χ2v) is 22.3. The van der Waals surface area contributed by atoms with Crippen LogP contribution in [0.15, 0.2) is 56.9 Å². The Bertz CT molecular complexity index is 1810. The van der Waals surface area contributed by atoms with Gasteiger partial charge in [0, 0.05) is 44.9 Å². The van der Waals surface area contributed by atoms with Crippen LogP contribution in [0.4, 0.5) is 5.88 Å². The lowest BCUT2D eigenvalue weighted by Crippen LogP contribution is -2.40. The fourth-order valence-electron chi connectivity index (χ4n) is 6.55. The van der Waals surface area contributed by atoms with E-state index < -0.39 is 23.6 Å². The number of ether oxygens (including phenoxy) is 3. The molecule has 1 spiro atoms. The van der Waals surface area contributed by atoms with Crippen LogP contribution in [-0.2, 0) is 30.8 Å². The standard InChI is InChI=1S/C38H54N4O7SSi/c1-8-9-16-35-39-38(19-12-13-20-38)37(43)41(35)26-30-17-18-31(33(25-30)48-22-21-46-4)32-14-10-11-15-34(32)50(44,45)42(27-47-23-24-51(5,6)7)36-28(2)29(3)40-49-36/h10-11,14-15,17-18,25H,8-9,12-13,16,19-24,26-27H2,1-7H3. The van der Waals surface area contributed by atoms with Gasteiger partial charge in [-0.2, -0.15) is 0 Å². The normalized spacial score (nSPS) is 15.9. The summed E-state index contributed by atoms with van der Waals surface area (Å²) in [6.45, 7) is 13.6. The number of unbranched alkanes of at least 4 members (excludes halogenated alkanes) is 1. The van der Waals surface area contributed by atoms with E-state index >= 15 is 0 Å². The molecule has 0 unspecified atom stereocenters. The molecule has 0 bridgehead atoms. The fraction of sp³-hybridized carbons (Fsp3) is 0.553. The highest BCUT2D eigenvalue weighted by Crippen LogP contribution is 2.42. The molecule has 1 aliphatic heterocycles. The summed E-state index contributed by atoms with van der Waals surface area (Å²) in [4.78, 5) is 20.8. The summed E-state index contributed by atoms with van der Waals surface area (Å²) in [6, 6.07) is 13.5. The molecule has 13 heteroatoms. The van der Waals surface area contributed by atoms with Crippen molar-refractivity contribution < 1.29 is 31.9 Å². The first kappa shape index (κ1) is 38.7. The van der Waals surface area contributed by atoms with Gasteiger partial charge >= 0.3 is 0 Å². The SMILES string of the molecule is CCCCC1=NC2(CCCC2)C(=O)N1Cc1ccc(-c2ccccc2S(=O)(=O)N(COCC[Si](C)(C)C)c2onc(C)c2C)c(OCCOC)c1. The molecule has 1 saturated carbocycles. The first-order valence-corrected chi connectivity index (χ1v) is 23.2. The average Bonchev–Trinajstić information content (AvgIpc) is 3.78. The van der Waals surface area contributed by atoms with Gasteiger partial charge in [-0.3, -0.25) is 14.7 Å². The number of anilines is 1. The first-order chi connectivity index (χ1) is 24.3. The van der Waals surface area contributed by atoms with E-state index in [0.29, 0.717) is 47.9 Å². The lowest BCUT2D eigenvalue weighted by molar-refractivity contribution is -0.131. The van der Waals surface area contributed by atoms with Crippen LogP contribution in [0.2, 0.25) is 25.7 Å². The van der Waals surface area contributed by atoms with Crippen molar-refractivity contribution in [3.63, 3.8) is 0 Å². The first-order valence-electron chi connectivity index (χ1n) is 18.1. The minimum absolute atomic E-state index is 0.0727. The topological polar surface area (TPSA) is 124 Å². The van der Waals surface area contributed by atoms with Crippen molar-refractivity contribution in [3.8, 4) is 16.9 Å². The van der Waals surface area contributed by atoms with Gasteiger partial charge in [-0.15, -0.1) is 0 Å². The van der Waals surface area contributed by atoms with Gasteiger partial charge in [0.1, 0.15) is 30.5 Å². The van der Waals surface area contributed by atoms with Gasteiger partial charge in [-0.05, 0) is 56.9 Å². The number of aryl methyl sites for hydroxylation is 1. The number of carbonyl (C=O) groups excluding carboxylic acids is 1. The van der Waals surface area contributed by atoms with Crippen LogP contribution in [0.3, 0.4) is 0 Å². The summed E-state index contributed by atoms with van der Waals surface area (Å²) in [5, 5.41) is 4.05. The number of amidine groups is 1. The Labute approximate surface area is 304 Å². The Balaban J connectivity index is 1.51. The molecule has 1 amide bonds. The second kappa shape index (κ2) is 16.4. The molecule has 0 N–H and O–H groups in total. The van der Waals surface area contributed by atoms with E-state index in [1.807, 2.05) is 23.1 Å². The number of aliphatic imine (C=N–C) groups is 1. The van der Waals surface area contributed by atoms with E-state index in [1.54, 1.807) is 45.2 Å². The minimum atomic E-state index is -4.23. The van der Waals surface area contributed by atoms with Gasteiger partial charge < -0.3 is 18.7 Å². The van der Waals surface area contributed by atoms with Gasteiger partial charge in [0.25, 0.3) is 15.9 Å². The quantitative estimate of drug-likeness (QED) is 0.0738. The zero-order valence-electron chi connectivity index (χ0n) is 31.3. The van der Waals surface area contributed by atoms with Crippen LogP contribution in [0.5, 0.6) is 5.75 Å². The van der Waals surface area contributed by atoms with Crippen molar-refractivity contribution in [2.24, 2.45) is 4.99 Å². The van der Waals surface area contributed by atoms with Crippen LogP contribution in [0.1, 0.15) is 68.7 Å². The fourth-order valence-corrected chi connectivity index (χ4v) is 8.86. The van der Waals surface area contributed by atoms with Crippen LogP contribution in [0, 0.1) is 13.8 Å². The monoisotopic (exact) mass is 738 g/mol. The molecule has 0 radical (unpaired) electrons. The summed E-state index contributed by atoms with van der Waals surface area (Å²) < 4.78 is 53.7. The average molecular weight is 739 g/mol. The number of methoxy groups -OCH3 is 1. The minimum Gasteiger partial charge on any atom is -0.491 e. The van der Waals surface area contributed by atoms with Gasteiger partial charge in [0.2, 0.25) is 5.88 Å². The van der Waals surface area contributed by atoms with Crippen molar-refractivity contribution in [2.75, 3.05) is 38.0 Å². The molecule has 1 aliphatic carbocycles. The van der Waals surface area contributed by atoms with Crippen LogP contribution < -0.4 is 9.04 Å². The molecule has 1 fully saturated rings. The summed E-state index contributed by atoms with van der Waals surface area (Å²) in [5.74, 6) is 1.55. The maximum absolute atomic E-state index is 14.7. The van der Waals surface area contributed by atoms with E-state index in [2.05, 4.69) is 31.7 Å². The van der Waals surface area contributed by atoms with Crippen LogP contribution >= 0.6 is 0 Å². The number of hydrogen-bond donors (Lipinski definition) is 0. The van der Waals surface area contributed by atoms with E-state index in [-0.39, 0.29) is 30.0 Å². The number of hydrogen-bond acceptors (Lipinski definition) is 9. The number of nitrogens with zero attached hydrogens (tertiary/aromatic N) is 4. The Morgan fingerprint density at radius 2 is 1.76 bits per heavy atom. The molecule has 0 atom stereocenters. The van der Waals surface area contributed by atoms with E-state index in [4.69, 9.17) is 23.7 Å².